The fourth-order valence-corrected chi connectivity index (χ4v) is 2.84. The van der Waals surface area contributed by atoms with Crippen molar-refractivity contribution in [1.82, 2.24) is 10.2 Å². The minimum absolute atomic E-state index is 0.0925. The Morgan fingerprint density at radius 1 is 1.33 bits per heavy atom. The molecule has 0 bridgehead atoms. The standard InChI is InChI=1S/C11H13N3O3S/c1-7-5-9(15)3-4-10(7)14-18(16,17)11-6-12-13-8(11)2/h3-6,14-15H,1-2H3,(H,12,13). The number of rotatable bonds is 3. The monoisotopic (exact) mass is 267 g/mol. The zero-order valence-electron chi connectivity index (χ0n) is 9.93. The van der Waals surface area contributed by atoms with E-state index in [1.54, 1.807) is 13.8 Å². The minimum Gasteiger partial charge on any atom is -0.508 e. The molecule has 0 amide bonds. The van der Waals surface area contributed by atoms with Gasteiger partial charge in [0.25, 0.3) is 10.0 Å². The van der Waals surface area contributed by atoms with Gasteiger partial charge in [-0.05, 0) is 37.6 Å². The highest BCUT2D eigenvalue weighted by Crippen LogP contribution is 2.23. The number of nitrogens with one attached hydrogen (secondary N) is 2. The molecule has 0 spiro atoms. The van der Waals surface area contributed by atoms with Crippen molar-refractivity contribution in [3.05, 3.63) is 35.7 Å². The van der Waals surface area contributed by atoms with Crippen molar-refractivity contribution in [1.29, 1.82) is 0 Å². The van der Waals surface area contributed by atoms with Crippen LogP contribution in [0.4, 0.5) is 5.69 Å². The van der Waals surface area contributed by atoms with Crippen LogP contribution in [0.15, 0.2) is 29.3 Å². The number of phenols is 1. The zero-order valence-corrected chi connectivity index (χ0v) is 10.7. The second kappa shape index (κ2) is 4.34. The SMILES string of the molecule is Cc1cc(O)ccc1NS(=O)(=O)c1cn[nH]c1C. The minimum atomic E-state index is -3.66. The first kappa shape index (κ1) is 12.4. The van der Waals surface area contributed by atoms with Crippen LogP contribution in [0.25, 0.3) is 0 Å². The number of benzene rings is 1. The van der Waals surface area contributed by atoms with Gasteiger partial charge in [-0.1, -0.05) is 0 Å². The Balaban J connectivity index is 2.37. The second-order valence-electron chi connectivity index (χ2n) is 3.96. The fraction of sp³-hybridized carbons (Fsp3) is 0.182. The normalized spacial score (nSPS) is 11.4. The summed E-state index contributed by atoms with van der Waals surface area (Å²) >= 11 is 0. The predicted octanol–water partition coefficient (Wildman–Crippen LogP) is 1.53. The number of phenolic OH excluding ortho intramolecular Hbond substituents is 1. The van der Waals surface area contributed by atoms with E-state index < -0.39 is 10.0 Å². The third kappa shape index (κ3) is 2.30. The Labute approximate surface area is 105 Å². The summed E-state index contributed by atoms with van der Waals surface area (Å²) in [6.45, 7) is 3.34. The number of aromatic hydroxyl groups is 1. The van der Waals surface area contributed by atoms with E-state index in [0.717, 1.165) is 0 Å². The highest BCUT2D eigenvalue weighted by atomic mass is 32.2. The van der Waals surface area contributed by atoms with Crippen LogP contribution in [-0.4, -0.2) is 23.7 Å². The van der Waals surface area contributed by atoms with Crippen molar-refractivity contribution in [2.45, 2.75) is 18.7 Å². The molecule has 6 nitrogen and oxygen atoms in total. The summed E-state index contributed by atoms with van der Waals surface area (Å²) in [7, 11) is -3.66. The smallest absolute Gasteiger partial charge is 0.265 e. The third-order valence-electron chi connectivity index (χ3n) is 2.53. The molecule has 7 heteroatoms. The number of aromatic nitrogens is 2. The lowest BCUT2D eigenvalue weighted by atomic mass is 10.2. The molecule has 3 N–H and O–H groups in total. The molecule has 2 rings (SSSR count). The zero-order chi connectivity index (χ0) is 13.3. The fourth-order valence-electron chi connectivity index (χ4n) is 1.57. The first-order valence-corrected chi connectivity index (χ1v) is 6.71. The number of hydrogen-bond acceptors (Lipinski definition) is 4. The van der Waals surface area contributed by atoms with Gasteiger partial charge in [0.15, 0.2) is 0 Å². The molecule has 1 aromatic carbocycles. The van der Waals surface area contributed by atoms with E-state index in [0.29, 0.717) is 16.9 Å². The van der Waals surface area contributed by atoms with Gasteiger partial charge in [-0.2, -0.15) is 5.10 Å². The van der Waals surface area contributed by atoms with Crippen LogP contribution in [0.2, 0.25) is 0 Å². The Bertz CT molecular complexity index is 677. The first-order valence-electron chi connectivity index (χ1n) is 5.22. The molecule has 0 unspecified atom stereocenters. The molecule has 0 aliphatic carbocycles. The lowest BCUT2D eigenvalue weighted by molar-refractivity contribution is 0.475. The van der Waals surface area contributed by atoms with E-state index >= 15 is 0 Å². The summed E-state index contributed by atoms with van der Waals surface area (Å²) < 4.78 is 26.6. The topological polar surface area (TPSA) is 95.1 Å². The number of anilines is 1. The number of sulfonamides is 1. The van der Waals surface area contributed by atoms with E-state index in [4.69, 9.17) is 0 Å². The maximum Gasteiger partial charge on any atom is 0.265 e. The van der Waals surface area contributed by atoms with Crippen molar-refractivity contribution < 1.29 is 13.5 Å². The van der Waals surface area contributed by atoms with E-state index in [9.17, 15) is 13.5 Å². The van der Waals surface area contributed by atoms with Crippen LogP contribution >= 0.6 is 0 Å². The lowest BCUT2D eigenvalue weighted by Gasteiger charge is -2.10. The van der Waals surface area contributed by atoms with Gasteiger partial charge in [0.05, 0.1) is 17.6 Å². The molecule has 0 fully saturated rings. The molecule has 18 heavy (non-hydrogen) atoms. The molecule has 2 aromatic rings. The summed E-state index contributed by atoms with van der Waals surface area (Å²) in [5.74, 6) is 0.0925. The van der Waals surface area contributed by atoms with Crippen molar-refractivity contribution in [3.8, 4) is 5.75 Å². The Morgan fingerprint density at radius 2 is 2.06 bits per heavy atom. The summed E-state index contributed by atoms with van der Waals surface area (Å²) in [6.07, 6.45) is 1.26. The highest BCUT2D eigenvalue weighted by molar-refractivity contribution is 7.92. The van der Waals surface area contributed by atoms with Gasteiger partial charge < -0.3 is 5.11 Å². The van der Waals surface area contributed by atoms with Gasteiger partial charge in [-0.25, -0.2) is 8.42 Å². The quantitative estimate of drug-likeness (QED) is 0.735. The first-order chi connectivity index (χ1) is 8.40. The molecule has 1 heterocycles. The van der Waals surface area contributed by atoms with Crippen LogP contribution in [0.1, 0.15) is 11.3 Å². The van der Waals surface area contributed by atoms with Crippen LogP contribution in [0.5, 0.6) is 5.75 Å². The molecule has 1 aromatic heterocycles. The van der Waals surface area contributed by atoms with Crippen molar-refractivity contribution in [2.75, 3.05) is 4.72 Å². The van der Waals surface area contributed by atoms with Gasteiger partial charge >= 0.3 is 0 Å². The Kier molecular flexibility index (Phi) is 3.00. The number of aromatic amines is 1. The van der Waals surface area contributed by atoms with Crippen LogP contribution in [0.3, 0.4) is 0 Å². The van der Waals surface area contributed by atoms with Gasteiger partial charge in [0, 0.05) is 0 Å². The number of hydrogen-bond donors (Lipinski definition) is 3. The number of nitrogens with zero attached hydrogens (tertiary/aromatic N) is 1. The molecule has 0 aliphatic rings. The number of aryl methyl sites for hydroxylation is 2. The van der Waals surface area contributed by atoms with Crippen LogP contribution in [0, 0.1) is 13.8 Å². The maximum atomic E-state index is 12.1. The average Bonchev–Trinajstić information content (AvgIpc) is 2.69. The number of H-pyrrole nitrogens is 1. The molecule has 0 radical (unpaired) electrons. The van der Waals surface area contributed by atoms with E-state index in [2.05, 4.69) is 14.9 Å². The molecular formula is C11H13N3O3S. The van der Waals surface area contributed by atoms with Gasteiger partial charge in [-0.15, -0.1) is 0 Å². The summed E-state index contributed by atoms with van der Waals surface area (Å²) in [4.78, 5) is 0.106. The van der Waals surface area contributed by atoms with Crippen molar-refractivity contribution in [2.24, 2.45) is 0 Å². The Hall–Kier alpha value is -2.02. The predicted molar refractivity (Wildman–Crippen MR) is 67.0 cm³/mol. The van der Waals surface area contributed by atoms with E-state index in [1.807, 2.05) is 0 Å². The largest absolute Gasteiger partial charge is 0.508 e. The van der Waals surface area contributed by atoms with E-state index in [-0.39, 0.29) is 10.6 Å². The molecule has 0 atom stereocenters. The van der Waals surface area contributed by atoms with Gasteiger partial charge in [0.2, 0.25) is 0 Å². The summed E-state index contributed by atoms with van der Waals surface area (Å²) in [5, 5.41) is 15.5. The molecule has 0 aliphatic heterocycles. The summed E-state index contributed by atoms with van der Waals surface area (Å²) in [6, 6.07) is 4.42. The summed E-state index contributed by atoms with van der Waals surface area (Å²) in [5.41, 5.74) is 1.53. The van der Waals surface area contributed by atoms with Gasteiger partial charge in [0.1, 0.15) is 10.6 Å². The Morgan fingerprint density at radius 3 is 2.61 bits per heavy atom. The second-order valence-corrected chi connectivity index (χ2v) is 5.61. The lowest BCUT2D eigenvalue weighted by Crippen LogP contribution is -2.14. The molecule has 0 saturated carbocycles. The van der Waals surface area contributed by atoms with E-state index in [1.165, 1.54) is 24.4 Å². The van der Waals surface area contributed by atoms with Gasteiger partial charge in [-0.3, -0.25) is 9.82 Å². The van der Waals surface area contributed by atoms with Crippen LogP contribution in [-0.2, 0) is 10.0 Å². The molecule has 96 valence electrons. The molecule has 0 saturated heterocycles. The van der Waals surface area contributed by atoms with Crippen molar-refractivity contribution >= 4 is 15.7 Å². The average molecular weight is 267 g/mol. The molecular weight excluding hydrogens is 254 g/mol. The van der Waals surface area contributed by atoms with Crippen LogP contribution < -0.4 is 4.72 Å². The highest BCUT2D eigenvalue weighted by Gasteiger charge is 2.19. The maximum absolute atomic E-state index is 12.1. The third-order valence-corrected chi connectivity index (χ3v) is 4.01. The van der Waals surface area contributed by atoms with Crippen molar-refractivity contribution in [3.63, 3.8) is 0 Å².